The first-order valence-electron chi connectivity index (χ1n) is 12.3. The normalized spacial score (nSPS) is 12.3. The molecule has 0 radical (unpaired) electrons. The van der Waals surface area contributed by atoms with Crippen LogP contribution < -0.4 is 22.1 Å². The lowest BCUT2D eigenvalue weighted by Gasteiger charge is -2.35. The van der Waals surface area contributed by atoms with Gasteiger partial charge in [0, 0.05) is 0 Å². The number of primary amides is 2. The average Bonchev–Trinajstić information content (AvgIpc) is 3.44. The number of hydrogen-bond donors (Lipinski definition) is 4. The fourth-order valence-corrected chi connectivity index (χ4v) is 5.70. The van der Waals surface area contributed by atoms with Crippen LogP contribution in [-0.2, 0) is 19.1 Å². The van der Waals surface area contributed by atoms with Gasteiger partial charge in [0.05, 0.1) is 34.1 Å². The third-order valence-electron chi connectivity index (χ3n) is 5.91. The molecule has 0 saturated carbocycles. The zero-order valence-electron chi connectivity index (χ0n) is 23.7. The van der Waals surface area contributed by atoms with Crippen molar-refractivity contribution < 1.29 is 73.4 Å². The number of nitrogens with one attached hydrogen (secondary N) is 2. The zero-order chi connectivity index (χ0) is 35.7. The van der Waals surface area contributed by atoms with Crippen LogP contribution in [0.5, 0.6) is 0 Å². The maximum absolute atomic E-state index is 14.7. The molecule has 0 unspecified atom stereocenters. The van der Waals surface area contributed by atoms with E-state index in [0.29, 0.717) is 0 Å². The molecule has 0 fully saturated rings. The molecule has 0 aliphatic rings. The predicted octanol–water partition coefficient (Wildman–Crippen LogP) is 4.10. The van der Waals surface area contributed by atoms with Crippen molar-refractivity contribution in [2.75, 3.05) is 23.8 Å². The van der Waals surface area contributed by atoms with E-state index in [2.05, 4.69) is 9.47 Å². The first-order valence-corrected chi connectivity index (χ1v) is 13.9. The quantitative estimate of drug-likeness (QED) is 0.176. The first kappa shape index (κ1) is 37.8. The third kappa shape index (κ3) is 6.34. The van der Waals surface area contributed by atoms with Crippen LogP contribution in [-0.4, -0.2) is 72.5 Å². The Morgan fingerprint density at radius 1 is 0.630 bits per heavy atom. The Kier molecular flexibility index (Phi) is 10.8. The predicted molar refractivity (Wildman–Crippen MR) is 144 cm³/mol. The van der Waals surface area contributed by atoms with E-state index in [-0.39, 0.29) is 47.0 Å². The van der Waals surface area contributed by atoms with Crippen molar-refractivity contribution in [3.05, 3.63) is 32.0 Å². The van der Waals surface area contributed by atoms with Crippen molar-refractivity contribution in [2.24, 2.45) is 11.5 Å². The summed E-state index contributed by atoms with van der Waals surface area (Å²) in [5.41, 5.74) is 7.67. The number of ether oxygens (including phenoxy) is 2. The minimum Gasteiger partial charge on any atom is -0.462 e. The van der Waals surface area contributed by atoms with Gasteiger partial charge < -0.3 is 31.6 Å². The van der Waals surface area contributed by atoms with Crippen LogP contribution in [0, 0.1) is 13.8 Å². The van der Waals surface area contributed by atoms with Gasteiger partial charge in [0.1, 0.15) is 10.0 Å². The van der Waals surface area contributed by atoms with E-state index in [0.717, 1.165) is 24.5 Å². The highest BCUT2D eigenvalue weighted by molar-refractivity contribution is 7.19. The third-order valence-corrected chi connectivity index (χ3v) is 8.35. The van der Waals surface area contributed by atoms with Gasteiger partial charge in [-0.1, -0.05) is 0 Å². The molecule has 22 heteroatoms. The van der Waals surface area contributed by atoms with Crippen LogP contribution in [0.1, 0.15) is 65.0 Å². The summed E-state index contributed by atoms with van der Waals surface area (Å²) < 4.78 is 127. The van der Waals surface area contributed by atoms with Crippen molar-refractivity contribution in [3.8, 4) is 0 Å². The van der Waals surface area contributed by atoms with Crippen molar-refractivity contribution in [1.29, 1.82) is 0 Å². The van der Waals surface area contributed by atoms with E-state index in [4.69, 9.17) is 11.5 Å². The van der Waals surface area contributed by atoms with Crippen molar-refractivity contribution in [3.63, 3.8) is 0 Å². The molecule has 0 spiro atoms. The largest absolute Gasteiger partial charge is 0.462 e. The molecule has 254 valence electrons. The Labute approximate surface area is 260 Å². The molecule has 2 aromatic heterocycles. The summed E-state index contributed by atoms with van der Waals surface area (Å²) in [6.07, 6.45) is 0. The number of amides is 4. The van der Waals surface area contributed by atoms with E-state index in [9.17, 15) is 63.9 Å². The molecule has 6 N–H and O–H groups in total. The summed E-state index contributed by atoms with van der Waals surface area (Å²) in [7, 11) is 0. The summed E-state index contributed by atoms with van der Waals surface area (Å²) in [6.45, 7) is 3.84. The number of carbonyl (C=O) groups excluding carboxylic acids is 6. The highest BCUT2D eigenvalue weighted by Crippen LogP contribution is 2.53. The average molecular weight is 711 g/mol. The summed E-state index contributed by atoms with van der Waals surface area (Å²) in [4.78, 5) is 71.1. The summed E-state index contributed by atoms with van der Waals surface area (Å²) in [5.74, 6) is -40.3. The fourth-order valence-electron chi connectivity index (χ4n) is 3.61. The van der Waals surface area contributed by atoms with Crippen LogP contribution in [0.3, 0.4) is 0 Å². The number of esters is 2. The Morgan fingerprint density at radius 3 is 1.15 bits per heavy atom. The highest BCUT2D eigenvalue weighted by atomic mass is 32.1. The Balaban J connectivity index is 2.53. The molecule has 2 heterocycles. The lowest BCUT2D eigenvalue weighted by molar-refractivity contribution is -0.345. The summed E-state index contributed by atoms with van der Waals surface area (Å²) in [6, 6.07) is 0. The van der Waals surface area contributed by atoms with E-state index >= 15 is 0 Å². The van der Waals surface area contributed by atoms with Crippen molar-refractivity contribution in [1.82, 2.24) is 0 Å². The molecule has 0 atom stereocenters. The second kappa shape index (κ2) is 13.2. The van der Waals surface area contributed by atoms with Gasteiger partial charge in [-0.15, -0.1) is 22.7 Å². The monoisotopic (exact) mass is 710 g/mol. The minimum atomic E-state index is -7.35. The molecule has 0 aliphatic carbocycles. The molecular formula is C24H22F8N4O8S2. The first-order chi connectivity index (χ1) is 20.9. The summed E-state index contributed by atoms with van der Waals surface area (Å²) >= 11 is -0.0401. The topological polar surface area (TPSA) is 197 Å². The van der Waals surface area contributed by atoms with Gasteiger partial charge in [0.25, 0.3) is 11.8 Å². The molecule has 0 saturated heterocycles. The van der Waals surface area contributed by atoms with Crippen LogP contribution in [0.15, 0.2) is 0 Å². The second-order valence-corrected chi connectivity index (χ2v) is 10.9. The highest BCUT2D eigenvalue weighted by Gasteiger charge is 2.84. The fraction of sp³-hybridized carbons (Fsp3) is 0.417. The molecule has 12 nitrogen and oxygen atoms in total. The molecular weight excluding hydrogens is 688 g/mol. The smallest absolute Gasteiger partial charge is 0.393 e. The van der Waals surface area contributed by atoms with Gasteiger partial charge in [-0.05, 0) is 38.8 Å². The van der Waals surface area contributed by atoms with Crippen LogP contribution in [0.25, 0.3) is 0 Å². The number of rotatable bonds is 13. The van der Waals surface area contributed by atoms with Gasteiger partial charge >= 0.3 is 47.4 Å². The lowest BCUT2D eigenvalue weighted by Crippen LogP contribution is -2.67. The molecule has 0 bridgehead atoms. The summed E-state index contributed by atoms with van der Waals surface area (Å²) in [5, 5.41) is -0.167. The van der Waals surface area contributed by atoms with E-state index < -0.39 is 90.1 Å². The SMILES string of the molecule is CCOC(=O)c1c(NC(=O)C(F)(F)C(F)(F)C(F)(F)C(F)(F)C(=O)Nc2sc(C(N)=O)c(C)c2C(=O)OCC)sc(C(N)=O)c1C. The van der Waals surface area contributed by atoms with Crippen molar-refractivity contribution in [2.45, 2.75) is 51.4 Å². The van der Waals surface area contributed by atoms with Crippen LogP contribution in [0.4, 0.5) is 45.1 Å². The molecule has 0 aliphatic heterocycles. The number of halogens is 8. The zero-order valence-corrected chi connectivity index (χ0v) is 25.3. The molecule has 46 heavy (non-hydrogen) atoms. The number of anilines is 2. The van der Waals surface area contributed by atoms with Crippen LogP contribution in [0.2, 0.25) is 0 Å². The van der Waals surface area contributed by atoms with Gasteiger partial charge in [-0.25, -0.2) is 9.59 Å². The number of nitrogens with two attached hydrogens (primary N) is 2. The number of carbonyl (C=O) groups is 6. The van der Waals surface area contributed by atoms with E-state index in [1.54, 1.807) is 0 Å². The van der Waals surface area contributed by atoms with Gasteiger partial charge in [-0.3, -0.25) is 19.2 Å². The second-order valence-electron chi connectivity index (χ2n) is 8.90. The van der Waals surface area contributed by atoms with E-state index in [1.165, 1.54) is 13.8 Å². The van der Waals surface area contributed by atoms with Gasteiger partial charge in [0.15, 0.2) is 0 Å². The van der Waals surface area contributed by atoms with E-state index in [1.807, 2.05) is 0 Å². The minimum absolute atomic E-state index is 0.0200. The number of hydrogen-bond acceptors (Lipinski definition) is 10. The number of thiophene rings is 2. The Bertz CT molecular complexity index is 1490. The maximum atomic E-state index is 14.7. The molecule has 2 rings (SSSR count). The van der Waals surface area contributed by atoms with Gasteiger partial charge in [0.2, 0.25) is 0 Å². The number of alkyl halides is 8. The molecule has 0 aromatic carbocycles. The van der Waals surface area contributed by atoms with Gasteiger partial charge in [-0.2, -0.15) is 35.1 Å². The Hall–Kier alpha value is -4.34. The van der Waals surface area contributed by atoms with Crippen LogP contribution >= 0.6 is 22.7 Å². The maximum Gasteiger partial charge on any atom is 0.393 e. The van der Waals surface area contributed by atoms with Crippen molar-refractivity contribution >= 4 is 68.2 Å². The Morgan fingerprint density at radius 2 is 0.913 bits per heavy atom. The molecule has 4 amide bonds. The lowest BCUT2D eigenvalue weighted by atomic mass is 9.97. The molecule has 2 aromatic rings. The standard InChI is InChI=1S/C24H22F8N4O8S2/c1-5-43-17(39)9-7(3)11(13(33)37)45-15(9)35-19(41)21(25,26)23(29,30)24(31,32)22(27,28)20(42)36-16-10(18(40)44-6-2)8(4)12(46-16)14(34)38/h5-6H2,1-4H3,(H2,33,37)(H2,34,38)(H,35,41)(H,36,42).